The molecular weight excluding hydrogens is 881 g/mol. The molecule has 1 heterocycles. The number of carbonyl (C=O) groups excluding carboxylic acids is 7. The normalized spacial score (nSPS) is 30.2. The van der Waals surface area contributed by atoms with Crippen molar-refractivity contribution in [1.82, 2.24) is 5.32 Å². The average molecular weight is 939 g/mol. The highest BCUT2D eigenvalue weighted by Gasteiger charge is 2.79. The minimum absolute atomic E-state index is 0.0340. The molecule has 3 aromatic rings. The maximum atomic E-state index is 16.1. The predicted octanol–water partition coefficient (Wildman–Crippen LogP) is 4.02. The number of aliphatic hydroxyl groups excluding tert-OH is 1. The molecule has 1 amide bonds. The van der Waals surface area contributed by atoms with E-state index in [0.717, 1.165) is 13.8 Å². The number of benzene rings is 3. The third kappa shape index (κ3) is 8.61. The smallest absolute Gasteiger partial charge is 0.338 e. The highest BCUT2D eigenvalue weighted by molar-refractivity contribution is 5.97. The standard InChI is InChI=1S/C51H58N2O15/c1-27-33(65-45(60)38(56)37(30-18-12-9-13-19-30)53-43(58)31-20-14-10-15-21-31)25-51(62)42(67-44(59)32-22-16-11-17-23-32)40-49(8,41(57)39(64-28(2)54)36(27)47(51,4)5)34(66-46(61)48(6,7)52)24-35-50(40,26-63-35)68-29(3)55/h9-23,33-35,37-40,42,56,62H,24-26,52H2,1-8H3,(H,53,58)/t33-,34-,35+,37-,38+,39+,40-,42-,49+,50-,51+/m0/s1. The first kappa shape index (κ1) is 49.6. The molecule has 362 valence electrons. The Morgan fingerprint density at radius 1 is 0.824 bits per heavy atom. The lowest BCUT2D eigenvalue weighted by Crippen LogP contribution is -2.82. The minimum atomic E-state index is -2.47. The lowest BCUT2D eigenvalue weighted by molar-refractivity contribution is -0.346. The topological polar surface area (TPSA) is 253 Å². The fraction of sp³-hybridized carbons (Fsp3) is 0.471. The number of aliphatic hydroxyl groups is 2. The third-order valence-electron chi connectivity index (χ3n) is 14.2. The lowest BCUT2D eigenvalue weighted by Gasteiger charge is -2.67. The number of ether oxygens (including phenoxy) is 6. The van der Waals surface area contributed by atoms with E-state index >= 15 is 4.79 Å². The molecular formula is C51H58N2O15. The molecule has 0 spiro atoms. The first-order valence-electron chi connectivity index (χ1n) is 22.4. The number of amides is 1. The Kier molecular flexibility index (Phi) is 13.4. The molecule has 7 rings (SSSR count). The van der Waals surface area contributed by atoms with Gasteiger partial charge >= 0.3 is 29.8 Å². The zero-order chi connectivity index (χ0) is 49.7. The van der Waals surface area contributed by atoms with E-state index in [4.69, 9.17) is 34.2 Å². The molecule has 1 saturated heterocycles. The van der Waals surface area contributed by atoms with Crippen LogP contribution in [0.3, 0.4) is 0 Å². The number of rotatable bonds is 12. The molecule has 2 saturated carbocycles. The van der Waals surface area contributed by atoms with E-state index in [-0.39, 0.29) is 35.3 Å². The van der Waals surface area contributed by atoms with Crippen LogP contribution in [0.4, 0.5) is 0 Å². The molecule has 0 aromatic heterocycles. The van der Waals surface area contributed by atoms with Gasteiger partial charge in [0.05, 0.1) is 29.5 Å². The molecule has 0 unspecified atom stereocenters. The zero-order valence-corrected chi connectivity index (χ0v) is 39.2. The Morgan fingerprint density at radius 2 is 1.40 bits per heavy atom. The van der Waals surface area contributed by atoms with Gasteiger partial charge in [0.1, 0.15) is 35.6 Å². The summed E-state index contributed by atoms with van der Waals surface area (Å²) in [6, 6.07) is 22.8. The second-order valence-electron chi connectivity index (χ2n) is 19.5. The molecule has 17 heteroatoms. The Bertz CT molecular complexity index is 2510. The van der Waals surface area contributed by atoms with Crippen molar-refractivity contribution in [3.05, 3.63) is 119 Å². The van der Waals surface area contributed by atoms with E-state index in [9.17, 15) is 39.0 Å². The van der Waals surface area contributed by atoms with Crippen LogP contribution in [0.1, 0.15) is 101 Å². The summed E-state index contributed by atoms with van der Waals surface area (Å²) in [6.45, 7) is 10.6. The monoisotopic (exact) mass is 938 g/mol. The number of fused-ring (bicyclic) bond motifs is 5. The summed E-state index contributed by atoms with van der Waals surface area (Å²) in [5, 5.41) is 28.6. The highest BCUT2D eigenvalue weighted by Crippen LogP contribution is 2.65. The van der Waals surface area contributed by atoms with E-state index in [2.05, 4.69) is 5.32 Å². The van der Waals surface area contributed by atoms with E-state index in [1.165, 1.54) is 39.8 Å². The van der Waals surface area contributed by atoms with Crippen LogP contribution in [0.15, 0.2) is 102 Å². The summed E-state index contributed by atoms with van der Waals surface area (Å²) in [5.74, 6) is -8.08. The molecule has 68 heavy (non-hydrogen) atoms. The van der Waals surface area contributed by atoms with Crippen molar-refractivity contribution in [2.75, 3.05) is 6.61 Å². The van der Waals surface area contributed by atoms with Crippen LogP contribution >= 0.6 is 0 Å². The first-order valence-corrected chi connectivity index (χ1v) is 22.4. The lowest BCUT2D eigenvalue weighted by atomic mass is 9.44. The van der Waals surface area contributed by atoms with Gasteiger partial charge in [0.2, 0.25) is 0 Å². The fourth-order valence-electron chi connectivity index (χ4n) is 10.6. The summed E-state index contributed by atoms with van der Waals surface area (Å²) < 4.78 is 37.0. The second kappa shape index (κ2) is 18.3. The van der Waals surface area contributed by atoms with Crippen LogP contribution in [0, 0.1) is 16.7 Å². The molecule has 0 radical (unpaired) electrons. The van der Waals surface area contributed by atoms with Gasteiger partial charge < -0.3 is 49.7 Å². The Labute approximate surface area is 393 Å². The van der Waals surface area contributed by atoms with Crippen molar-refractivity contribution < 1.29 is 72.2 Å². The number of nitrogens with one attached hydrogen (secondary N) is 1. The number of ketones is 1. The van der Waals surface area contributed by atoms with Crippen LogP contribution in [-0.2, 0) is 52.4 Å². The summed E-state index contributed by atoms with van der Waals surface area (Å²) >= 11 is 0. The van der Waals surface area contributed by atoms with E-state index in [1.54, 1.807) is 92.7 Å². The van der Waals surface area contributed by atoms with Crippen molar-refractivity contribution >= 4 is 41.5 Å². The number of hydrogen-bond donors (Lipinski definition) is 4. The molecule has 17 nitrogen and oxygen atoms in total. The number of Topliss-reactive ketones (excluding diaryl/α,β-unsaturated/α-hetero) is 1. The van der Waals surface area contributed by atoms with Crippen LogP contribution in [-0.4, -0.2) is 112 Å². The minimum Gasteiger partial charge on any atom is -0.460 e. The van der Waals surface area contributed by atoms with Gasteiger partial charge in [0.15, 0.2) is 23.6 Å². The van der Waals surface area contributed by atoms with Crippen molar-refractivity contribution in [2.45, 2.75) is 128 Å². The molecule has 3 aromatic carbocycles. The van der Waals surface area contributed by atoms with Crippen LogP contribution < -0.4 is 11.1 Å². The Balaban J connectivity index is 1.43. The average Bonchev–Trinajstić information content (AvgIpc) is 3.28. The van der Waals surface area contributed by atoms with Crippen LogP contribution in [0.25, 0.3) is 0 Å². The van der Waals surface area contributed by atoms with E-state index in [1.807, 2.05) is 0 Å². The molecule has 3 fully saturated rings. The summed E-state index contributed by atoms with van der Waals surface area (Å²) in [4.78, 5) is 98.8. The quantitative estimate of drug-likeness (QED) is 0.114. The molecule has 11 atom stereocenters. The maximum absolute atomic E-state index is 16.1. The van der Waals surface area contributed by atoms with Crippen LogP contribution in [0.2, 0.25) is 0 Å². The van der Waals surface area contributed by atoms with E-state index < -0.39 is 124 Å². The SMILES string of the molecule is CC(=O)O[C@H]1C(=O)[C@]2(C)[C@@H](OC(=O)C(C)(C)N)C[C@H]3OC[C@@]3(OC(C)=O)[C@H]2[C@H](OC(=O)c2ccccc2)[C@]2(O)C[C@H](OC(=O)[C@H](O)[C@@H](NC(=O)c3ccccc3)c3ccccc3)C(C)=C1C2(C)C. The molecule has 5 N–H and O–H groups in total. The van der Waals surface area contributed by atoms with Gasteiger partial charge in [-0.05, 0) is 68.7 Å². The summed E-state index contributed by atoms with van der Waals surface area (Å²) in [7, 11) is 0. The van der Waals surface area contributed by atoms with Gasteiger partial charge in [-0.3, -0.25) is 24.0 Å². The number of esters is 5. The van der Waals surface area contributed by atoms with Gasteiger partial charge in [-0.2, -0.15) is 0 Å². The number of nitrogens with two attached hydrogens (primary N) is 1. The number of carbonyl (C=O) groups is 7. The van der Waals surface area contributed by atoms with Gasteiger partial charge in [-0.15, -0.1) is 0 Å². The molecule has 2 bridgehead atoms. The van der Waals surface area contributed by atoms with Crippen molar-refractivity contribution in [2.24, 2.45) is 22.5 Å². The molecule has 1 aliphatic heterocycles. The molecule has 3 aliphatic carbocycles. The fourth-order valence-corrected chi connectivity index (χ4v) is 10.6. The highest BCUT2D eigenvalue weighted by atomic mass is 16.6. The van der Waals surface area contributed by atoms with Crippen molar-refractivity contribution in [3.63, 3.8) is 0 Å². The van der Waals surface area contributed by atoms with E-state index in [0.29, 0.717) is 5.56 Å². The predicted molar refractivity (Wildman–Crippen MR) is 240 cm³/mol. The zero-order valence-electron chi connectivity index (χ0n) is 39.2. The van der Waals surface area contributed by atoms with Gasteiger partial charge in [0, 0.05) is 37.7 Å². The Hall–Kier alpha value is -6.27. The van der Waals surface area contributed by atoms with Crippen LogP contribution in [0.5, 0.6) is 0 Å². The molecule has 4 aliphatic rings. The van der Waals surface area contributed by atoms with Crippen molar-refractivity contribution in [3.8, 4) is 0 Å². The maximum Gasteiger partial charge on any atom is 0.338 e. The second-order valence-corrected chi connectivity index (χ2v) is 19.5. The van der Waals surface area contributed by atoms with Crippen molar-refractivity contribution in [1.29, 1.82) is 0 Å². The Morgan fingerprint density at radius 3 is 1.93 bits per heavy atom. The third-order valence-corrected chi connectivity index (χ3v) is 14.2. The van der Waals surface area contributed by atoms with Gasteiger partial charge in [-0.25, -0.2) is 9.59 Å². The van der Waals surface area contributed by atoms with Gasteiger partial charge in [0.25, 0.3) is 5.91 Å². The van der Waals surface area contributed by atoms with Gasteiger partial charge in [-0.1, -0.05) is 80.6 Å². The summed E-state index contributed by atoms with van der Waals surface area (Å²) in [6.07, 6.45) is -10.9. The number of hydrogen-bond acceptors (Lipinski definition) is 16. The first-order chi connectivity index (χ1) is 31.9. The summed E-state index contributed by atoms with van der Waals surface area (Å²) in [5.41, 5.74) is -2.90. The largest absolute Gasteiger partial charge is 0.460 e.